The van der Waals surface area contributed by atoms with Crippen molar-refractivity contribution in [1.82, 2.24) is 4.90 Å². The van der Waals surface area contributed by atoms with Gasteiger partial charge in [0, 0.05) is 23.7 Å². The Hall–Kier alpha value is -0.500. The molecule has 0 saturated carbocycles. The van der Waals surface area contributed by atoms with Gasteiger partial charge >= 0.3 is 35.5 Å². The Bertz CT molecular complexity index is 494. The molecule has 1 saturated heterocycles. The maximum atomic E-state index is 10.7. The van der Waals surface area contributed by atoms with Gasteiger partial charge in [0.15, 0.2) is 0 Å². The summed E-state index contributed by atoms with van der Waals surface area (Å²) in [5.74, 6) is -0.176. The minimum absolute atomic E-state index is 0. The van der Waals surface area contributed by atoms with Crippen molar-refractivity contribution >= 4 is 31.2 Å². The molecule has 10 heteroatoms. The Balaban J connectivity index is -0.000000244. The monoisotopic (exact) mass is 359 g/mol. The van der Waals surface area contributed by atoms with Crippen LogP contribution in [0.3, 0.4) is 0 Å². The summed E-state index contributed by atoms with van der Waals surface area (Å²) in [6.45, 7) is 10.4. The van der Waals surface area contributed by atoms with Crippen molar-refractivity contribution in [1.29, 1.82) is 0 Å². The Morgan fingerprint density at radius 1 is 1.45 bits per heavy atom. The average molecular weight is 359 g/mol. The summed E-state index contributed by atoms with van der Waals surface area (Å²) in [5, 5.41) is 0.704. The number of rotatable bonds is 3. The fourth-order valence-electron chi connectivity index (χ4n) is 0.993. The van der Waals surface area contributed by atoms with Crippen LogP contribution in [-0.2, 0) is 24.4 Å². The first-order chi connectivity index (χ1) is 9.58. The van der Waals surface area contributed by atoms with E-state index in [1.54, 1.807) is 11.1 Å². The molecule has 120 valence electrons. The molecular weight excluding hydrogens is 340 g/mol. The molecular formula is C12H19NNaO6PS. The van der Waals surface area contributed by atoms with Crippen LogP contribution in [0.4, 0.5) is 0 Å². The van der Waals surface area contributed by atoms with Gasteiger partial charge < -0.3 is 14.2 Å². The molecule has 0 bridgehead atoms. The van der Waals surface area contributed by atoms with Crippen LogP contribution in [0.5, 0.6) is 0 Å². The number of ether oxygens (including phenoxy) is 1. The smallest absolute Gasteiger partial charge is 0.745 e. The number of carbonyl (C=O) groups is 2. The molecule has 0 radical (unpaired) electrons. The van der Waals surface area contributed by atoms with E-state index in [1.165, 1.54) is 7.11 Å². The van der Waals surface area contributed by atoms with E-state index >= 15 is 0 Å². The Labute approximate surface area is 155 Å². The number of likely N-dealkylation sites (tertiary alicyclic amines) is 1. The van der Waals surface area contributed by atoms with E-state index in [0.29, 0.717) is 17.1 Å². The second-order valence-corrected chi connectivity index (χ2v) is 5.57. The van der Waals surface area contributed by atoms with Gasteiger partial charge in [-0.3, -0.25) is 4.79 Å². The molecule has 0 aromatic heterocycles. The normalized spacial score (nSPS) is 12.5. The molecule has 0 aliphatic carbocycles. The third-order valence-corrected chi connectivity index (χ3v) is 2.63. The van der Waals surface area contributed by atoms with E-state index in [1.807, 2.05) is 0 Å². The summed E-state index contributed by atoms with van der Waals surface area (Å²) in [6.07, 6.45) is 3.28. The van der Waals surface area contributed by atoms with E-state index in [2.05, 4.69) is 33.7 Å². The van der Waals surface area contributed by atoms with E-state index < -0.39 is 10.1 Å². The van der Waals surface area contributed by atoms with Crippen molar-refractivity contribution in [2.24, 2.45) is 0 Å². The molecule has 1 fully saturated rings. The molecule has 7 nitrogen and oxygen atoms in total. The van der Waals surface area contributed by atoms with Crippen molar-refractivity contribution < 1.29 is 56.9 Å². The van der Waals surface area contributed by atoms with Gasteiger partial charge in [-0.2, -0.15) is 0 Å². The quantitative estimate of drug-likeness (QED) is 0.189. The molecule has 0 aromatic rings. The van der Waals surface area contributed by atoms with Gasteiger partial charge in [0.05, 0.1) is 7.11 Å². The zero-order chi connectivity index (χ0) is 17.1. The van der Waals surface area contributed by atoms with Gasteiger partial charge in [-0.05, 0) is 12.6 Å². The minimum Gasteiger partial charge on any atom is -0.745 e. The van der Waals surface area contributed by atoms with Crippen molar-refractivity contribution in [2.75, 3.05) is 13.7 Å². The number of hydrogen-bond acceptors (Lipinski definition) is 6. The molecule has 0 aromatic carbocycles. The van der Waals surface area contributed by atoms with Crippen LogP contribution in [0.15, 0.2) is 36.7 Å². The van der Waals surface area contributed by atoms with Crippen molar-refractivity contribution in [3.05, 3.63) is 36.7 Å². The van der Waals surface area contributed by atoms with E-state index in [0.717, 1.165) is 13.0 Å². The van der Waals surface area contributed by atoms with E-state index in [9.17, 15) is 22.6 Å². The van der Waals surface area contributed by atoms with Gasteiger partial charge in [0.1, 0.15) is 10.1 Å². The molecule has 1 amide bonds. The summed E-state index contributed by atoms with van der Waals surface area (Å²) in [7, 11) is -0.682. The first-order valence-corrected chi connectivity index (χ1v) is 7.67. The van der Waals surface area contributed by atoms with Crippen LogP contribution in [-0.4, -0.2) is 43.4 Å². The van der Waals surface area contributed by atoms with Crippen molar-refractivity contribution in [3.63, 3.8) is 0 Å². The summed E-state index contributed by atoms with van der Waals surface area (Å²) < 4.78 is 32.2. The molecule has 1 aliphatic rings. The number of hydrogen-bond donors (Lipinski definition) is 0. The maximum absolute atomic E-state index is 10.7. The zero-order valence-electron chi connectivity index (χ0n) is 12.8. The van der Waals surface area contributed by atoms with Crippen molar-refractivity contribution in [3.8, 4) is 0 Å². The van der Waals surface area contributed by atoms with Crippen LogP contribution in [0.25, 0.3) is 0 Å². The molecule has 22 heavy (non-hydrogen) atoms. The van der Waals surface area contributed by atoms with Gasteiger partial charge in [-0.25, -0.2) is 13.2 Å². The van der Waals surface area contributed by atoms with Gasteiger partial charge in [0.2, 0.25) is 5.91 Å². The molecule has 0 N–H and O–H groups in total. The molecule has 1 rings (SSSR count). The van der Waals surface area contributed by atoms with Crippen LogP contribution >= 0.6 is 9.24 Å². The second kappa shape index (κ2) is 14.1. The standard InChI is InChI=1S/C6H9NO.C4H7O2P.C2H4O3S.Na/c1-2-7-5-3-4-6(7)8;1-3(7)4(5)6-2;1-2-6(3,4)5;/h2H,1,3-5H2;1,7H2,2H3;2H,1H2,(H,3,4,5);/q;;;+1/p-1. The average Bonchev–Trinajstić information content (AvgIpc) is 2.83. The molecule has 0 spiro atoms. The minimum atomic E-state index is -4.15. The summed E-state index contributed by atoms with van der Waals surface area (Å²) >= 11 is 0. The second-order valence-electron chi connectivity index (χ2n) is 3.55. The van der Waals surface area contributed by atoms with Crippen LogP contribution in [0.1, 0.15) is 12.8 Å². The van der Waals surface area contributed by atoms with Crippen molar-refractivity contribution in [2.45, 2.75) is 12.8 Å². The van der Waals surface area contributed by atoms with E-state index in [-0.39, 0.29) is 41.4 Å². The molecule has 1 heterocycles. The zero-order valence-corrected chi connectivity index (χ0v) is 16.8. The first-order valence-electron chi connectivity index (χ1n) is 5.62. The van der Waals surface area contributed by atoms with Crippen LogP contribution < -0.4 is 29.6 Å². The Morgan fingerprint density at radius 3 is 2.00 bits per heavy atom. The molecule has 1 atom stereocenters. The van der Waals surface area contributed by atoms with Gasteiger partial charge in [-0.1, -0.05) is 29.0 Å². The number of carbonyl (C=O) groups excluding carboxylic acids is 2. The number of methoxy groups -OCH3 is 1. The maximum Gasteiger partial charge on any atom is 1.00 e. The fourth-order valence-corrected chi connectivity index (χ4v) is 1.11. The third-order valence-electron chi connectivity index (χ3n) is 1.98. The SMILES string of the molecule is C=C(P)C(=O)OC.C=CN1CCCC1=O.C=CS(=O)(=O)[O-].[Na+]. The topological polar surface area (TPSA) is 104 Å². The Morgan fingerprint density at radius 2 is 1.91 bits per heavy atom. The van der Waals surface area contributed by atoms with Crippen LogP contribution in [0.2, 0.25) is 0 Å². The van der Waals surface area contributed by atoms with E-state index in [4.69, 9.17) is 0 Å². The van der Waals surface area contributed by atoms with Gasteiger partial charge in [0.25, 0.3) is 0 Å². The summed E-state index contributed by atoms with van der Waals surface area (Å²) in [5.41, 5.74) is 0. The predicted octanol–water partition coefficient (Wildman–Crippen LogP) is -2.02. The summed E-state index contributed by atoms with van der Waals surface area (Å²) in [6, 6.07) is 0. The largest absolute Gasteiger partial charge is 1.00 e. The predicted molar refractivity (Wildman–Crippen MR) is 81.9 cm³/mol. The molecule has 1 unspecified atom stereocenters. The molecule has 1 aliphatic heterocycles. The third kappa shape index (κ3) is 15.9. The Kier molecular flexibility index (Phi) is 16.9. The number of esters is 1. The van der Waals surface area contributed by atoms with Gasteiger partial charge in [-0.15, -0.1) is 0 Å². The fraction of sp³-hybridized carbons (Fsp3) is 0.333. The number of nitrogens with zero attached hydrogens (tertiary/aromatic N) is 1. The first kappa shape index (κ1) is 26.4. The number of amides is 1. The summed E-state index contributed by atoms with van der Waals surface area (Å²) in [4.78, 5) is 22.5. The van der Waals surface area contributed by atoms with Crippen LogP contribution in [0, 0.1) is 0 Å².